The van der Waals surface area contributed by atoms with E-state index in [1.165, 1.54) is 12.1 Å². The van der Waals surface area contributed by atoms with Crippen molar-refractivity contribution in [3.63, 3.8) is 0 Å². The number of benzene rings is 2. The lowest BCUT2D eigenvalue weighted by Crippen LogP contribution is -1.98. The summed E-state index contributed by atoms with van der Waals surface area (Å²) in [6.07, 6.45) is 0. The standard InChI is InChI=1S/C13H10BrClFNO/c14-11-6-9(16)1-4-13(11)18-7-8-5-10(17)2-3-12(8)15/h1-6H,7,17H2. The van der Waals surface area contributed by atoms with Gasteiger partial charge < -0.3 is 10.5 Å². The lowest BCUT2D eigenvalue weighted by molar-refractivity contribution is 0.304. The number of rotatable bonds is 3. The predicted octanol–water partition coefficient (Wildman–Crippen LogP) is 4.40. The Labute approximate surface area is 118 Å². The van der Waals surface area contributed by atoms with Crippen LogP contribution < -0.4 is 10.5 Å². The minimum absolute atomic E-state index is 0.272. The number of anilines is 1. The quantitative estimate of drug-likeness (QED) is 0.846. The number of hydrogen-bond acceptors (Lipinski definition) is 2. The van der Waals surface area contributed by atoms with Crippen LogP contribution in [0.15, 0.2) is 40.9 Å². The highest BCUT2D eigenvalue weighted by atomic mass is 79.9. The van der Waals surface area contributed by atoms with Gasteiger partial charge >= 0.3 is 0 Å². The Morgan fingerprint density at radius 2 is 2.00 bits per heavy atom. The van der Waals surface area contributed by atoms with E-state index in [4.69, 9.17) is 22.1 Å². The van der Waals surface area contributed by atoms with Crippen LogP contribution in [-0.2, 0) is 6.61 Å². The molecule has 0 amide bonds. The Morgan fingerprint density at radius 1 is 1.22 bits per heavy atom. The Hall–Kier alpha value is -1.26. The van der Waals surface area contributed by atoms with Crippen molar-refractivity contribution < 1.29 is 9.13 Å². The molecule has 5 heteroatoms. The van der Waals surface area contributed by atoms with Gasteiger partial charge in [0.2, 0.25) is 0 Å². The molecule has 2 nitrogen and oxygen atoms in total. The van der Waals surface area contributed by atoms with E-state index in [2.05, 4.69) is 15.9 Å². The van der Waals surface area contributed by atoms with Gasteiger partial charge in [0.15, 0.2) is 0 Å². The van der Waals surface area contributed by atoms with Gasteiger partial charge in [-0.2, -0.15) is 0 Å². The first kappa shape index (κ1) is 13.2. The molecule has 2 aromatic carbocycles. The van der Waals surface area contributed by atoms with Crippen molar-refractivity contribution in [1.82, 2.24) is 0 Å². The van der Waals surface area contributed by atoms with Crippen LogP contribution in [-0.4, -0.2) is 0 Å². The smallest absolute Gasteiger partial charge is 0.134 e. The highest BCUT2D eigenvalue weighted by molar-refractivity contribution is 9.10. The molecule has 94 valence electrons. The van der Waals surface area contributed by atoms with Gasteiger partial charge in [-0.15, -0.1) is 0 Å². The molecule has 0 saturated carbocycles. The fourth-order valence-electron chi connectivity index (χ4n) is 1.45. The number of halogens is 3. The maximum atomic E-state index is 12.9. The molecule has 0 aliphatic carbocycles. The number of ether oxygens (including phenoxy) is 1. The third-order valence-corrected chi connectivity index (χ3v) is 3.34. The highest BCUT2D eigenvalue weighted by Gasteiger charge is 2.05. The molecule has 0 fully saturated rings. The van der Waals surface area contributed by atoms with Gasteiger partial charge in [-0.25, -0.2) is 4.39 Å². The second-order valence-electron chi connectivity index (χ2n) is 3.71. The zero-order valence-corrected chi connectivity index (χ0v) is 11.6. The monoisotopic (exact) mass is 329 g/mol. The molecule has 0 spiro atoms. The first-order chi connectivity index (χ1) is 8.56. The van der Waals surface area contributed by atoms with Crippen LogP contribution >= 0.6 is 27.5 Å². The van der Waals surface area contributed by atoms with Crippen molar-refractivity contribution in [2.24, 2.45) is 0 Å². The Kier molecular flexibility index (Phi) is 4.09. The summed E-state index contributed by atoms with van der Waals surface area (Å²) in [6.45, 7) is 0.272. The average molecular weight is 331 g/mol. The van der Waals surface area contributed by atoms with Crippen LogP contribution in [0.5, 0.6) is 5.75 Å². The van der Waals surface area contributed by atoms with Crippen molar-refractivity contribution in [1.29, 1.82) is 0 Å². The largest absolute Gasteiger partial charge is 0.488 e. The summed E-state index contributed by atoms with van der Waals surface area (Å²) in [5.41, 5.74) is 7.08. The van der Waals surface area contributed by atoms with Crippen molar-refractivity contribution in [2.75, 3.05) is 5.73 Å². The summed E-state index contributed by atoms with van der Waals surface area (Å²) in [6, 6.07) is 9.42. The summed E-state index contributed by atoms with van der Waals surface area (Å²) in [5.74, 6) is 0.228. The molecule has 18 heavy (non-hydrogen) atoms. The number of nitrogens with two attached hydrogens (primary N) is 1. The first-order valence-corrected chi connectivity index (χ1v) is 6.35. The van der Waals surface area contributed by atoms with Gasteiger partial charge in [0, 0.05) is 16.3 Å². The van der Waals surface area contributed by atoms with E-state index in [0.29, 0.717) is 20.9 Å². The van der Waals surface area contributed by atoms with E-state index in [9.17, 15) is 4.39 Å². The van der Waals surface area contributed by atoms with Crippen LogP contribution in [0.2, 0.25) is 5.02 Å². The Morgan fingerprint density at radius 3 is 2.72 bits per heavy atom. The van der Waals surface area contributed by atoms with Crippen LogP contribution in [0.1, 0.15) is 5.56 Å². The van der Waals surface area contributed by atoms with Crippen molar-refractivity contribution in [2.45, 2.75) is 6.61 Å². The van der Waals surface area contributed by atoms with E-state index in [0.717, 1.165) is 5.56 Å². The molecule has 2 rings (SSSR count). The van der Waals surface area contributed by atoms with Crippen molar-refractivity contribution >= 4 is 33.2 Å². The lowest BCUT2D eigenvalue weighted by atomic mass is 10.2. The molecule has 0 aliphatic rings. The lowest BCUT2D eigenvalue weighted by Gasteiger charge is -2.10. The van der Waals surface area contributed by atoms with E-state index < -0.39 is 0 Å². The molecular weight excluding hydrogens is 321 g/mol. The Bertz CT molecular complexity index is 577. The molecule has 0 radical (unpaired) electrons. The zero-order chi connectivity index (χ0) is 13.1. The second kappa shape index (κ2) is 5.59. The summed E-state index contributed by atoms with van der Waals surface area (Å²) in [7, 11) is 0. The van der Waals surface area contributed by atoms with Crippen molar-refractivity contribution in [3.8, 4) is 5.75 Å². The molecule has 0 aromatic heterocycles. The van der Waals surface area contributed by atoms with E-state index >= 15 is 0 Å². The first-order valence-electron chi connectivity index (χ1n) is 5.18. The maximum Gasteiger partial charge on any atom is 0.134 e. The van der Waals surface area contributed by atoms with Crippen LogP contribution in [0.25, 0.3) is 0 Å². The predicted molar refractivity (Wildman–Crippen MR) is 74.3 cm³/mol. The van der Waals surface area contributed by atoms with E-state index in [1.54, 1.807) is 24.3 Å². The van der Waals surface area contributed by atoms with Gasteiger partial charge in [0.05, 0.1) is 4.47 Å². The molecular formula is C13H10BrClFNO. The third kappa shape index (κ3) is 3.15. The topological polar surface area (TPSA) is 35.2 Å². The molecule has 0 atom stereocenters. The SMILES string of the molecule is Nc1ccc(Cl)c(COc2ccc(F)cc2Br)c1. The van der Waals surface area contributed by atoms with Gasteiger partial charge in [-0.3, -0.25) is 0 Å². The minimum atomic E-state index is -0.323. The summed E-state index contributed by atoms with van der Waals surface area (Å²) in [4.78, 5) is 0. The summed E-state index contributed by atoms with van der Waals surface area (Å²) < 4.78 is 19.0. The molecule has 0 saturated heterocycles. The Balaban J connectivity index is 2.13. The average Bonchev–Trinajstić information content (AvgIpc) is 2.32. The third-order valence-electron chi connectivity index (χ3n) is 2.35. The van der Waals surface area contributed by atoms with Gasteiger partial charge in [-0.05, 0) is 52.3 Å². The maximum absolute atomic E-state index is 12.9. The molecule has 0 unspecified atom stereocenters. The molecule has 0 heterocycles. The fourth-order valence-corrected chi connectivity index (χ4v) is 2.09. The summed E-state index contributed by atoms with van der Waals surface area (Å²) in [5, 5.41) is 0.586. The minimum Gasteiger partial charge on any atom is -0.488 e. The molecule has 0 bridgehead atoms. The van der Waals surface area contributed by atoms with Gasteiger partial charge in [0.25, 0.3) is 0 Å². The normalized spacial score (nSPS) is 10.4. The summed E-state index contributed by atoms with van der Waals surface area (Å²) >= 11 is 9.25. The van der Waals surface area contributed by atoms with Gasteiger partial charge in [-0.1, -0.05) is 11.6 Å². The molecule has 2 aromatic rings. The second-order valence-corrected chi connectivity index (χ2v) is 4.98. The van der Waals surface area contributed by atoms with Gasteiger partial charge in [0.1, 0.15) is 18.2 Å². The van der Waals surface area contributed by atoms with Crippen LogP contribution in [0.3, 0.4) is 0 Å². The molecule has 2 N–H and O–H groups in total. The fraction of sp³-hybridized carbons (Fsp3) is 0.0769. The van der Waals surface area contributed by atoms with Crippen LogP contribution in [0, 0.1) is 5.82 Å². The molecule has 0 aliphatic heterocycles. The van der Waals surface area contributed by atoms with Crippen molar-refractivity contribution in [3.05, 3.63) is 57.3 Å². The van der Waals surface area contributed by atoms with Crippen LogP contribution in [0.4, 0.5) is 10.1 Å². The number of nitrogen functional groups attached to an aromatic ring is 1. The van der Waals surface area contributed by atoms with E-state index in [1.807, 2.05) is 0 Å². The highest BCUT2D eigenvalue weighted by Crippen LogP contribution is 2.27. The number of hydrogen-bond donors (Lipinski definition) is 1. The zero-order valence-electron chi connectivity index (χ0n) is 9.29. The van der Waals surface area contributed by atoms with E-state index in [-0.39, 0.29) is 12.4 Å².